The quantitative estimate of drug-likeness (QED) is 0.423. The lowest BCUT2D eigenvalue weighted by Crippen LogP contribution is -2.17. The molecule has 1 aromatic carbocycles. The molecule has 1 rings (SSSR count). The van der Waals surface area contributed by atoms with Gasteiger partial charge in [-0.15, -0.1) is 11.6 Å². The number of nitrogens with zero attached hydrogens (tertiary/aromatic N) is 1. The van der Waals surface area contributed by atoms with Crippen LogP contribution in [-0.4, -0.2) is 41.0 Å². The SMILES string of the molecule is O=C(O)c1ccccc1NC(CCl)=NCCO. The molecule has 0 saturated heterocycles. The van der Waals surface area contributed by atoms with Crippen molar-refractivity contribution < 1.29 is 15.0 Å². The third-order valence-electron chi connectivity index (χ3n) is 1.97. The summed E-state index contributed by atoms with van der Waals surface area (Å²) >= 11 is 5.66. The predicted octanol–water partition coefficient (Wildman–Crippen LogP) is 1.43. The molecule has 0 radical (unpaired) electrons. The van der Waals surface area contributed by atoms with Crippen molar-refractivity contribution in [3.63, 3.8) is 0 Å². The summed E-state index contributed by atoms with van der Waals surface area (Å²) in [4.78, 5) is 14.9. The van der Waals surface area contributed by atoms with Crippen LogP contribution in [0.25, 0.3) is 0 Å². The topological polar surface area (TPSA) is 81.9 Å². The fourth-order valence-corrected chi connectivity index (χ4v) is 1.39. The van der Waals surface area contributed by atoms with Crippen molar-refractivity contribution >= 4 is 29.1 Å². The highest BCUT2D eigenvalue weighted by Gasteiger charge is 2.09. The molecule has 0 aliphatic heterocycles. The van der Waals surface area contributed by atoms with Crippen LogP contribution in [0.4, 0.5) is 5.69 Å². The van der Waals surface area contributed by atoms with Crippen LogP contribution in [-0.2, 0) is 0 Å². The number of aliphatic hydroxyl groups excluding tert-OH is 1. The minimum absolute atomic E-state index is 0.0807. The normalized spacial score (nSPS) is 11.3. The first-order valence-corrected chi connectivity index (χ1v) is 5.52. The molecule has 5 nitrogen and oxygen atoms in total. The Morgan fingerprint density at radius 2 is 2.12 bits per heavy atom. The summed E-state index contributed by atoms with van der Waals surface area (Å²) in [5.74, 6) is -0.480. The number of aliphatic imine (C=N–C) groups is 1. The second-order valence-electron chi connectivity index (χ2n) is 3.16. The van der Waals surface area contributed by atoms with Crippen LogP contribution < -0.4 is 5.32 Å². The molecule has 0 spiro atoms. The van der Waals surface area contributed by atoms with Crippen molar-refractivity contribution in [1.29, 1.82) is 0 Å². The van der Waals surface area contributed by atoms with Gasteiger partial charge >= 0.3 is 5.97 Å². The smallest absolute Gasteiger partial charge is 0.337 e. The number of alkyl halides is 1. The number of carboxylic acid groups (broad SMARTS) is 1. The standard InChI is InChI=1S/C11H13ClN2O3/c12-7-10(13-5-6-15)14-9-4-2-1-3-8(9)11(16)17/h1-4,15H,5-7H2,(H,13,14)(H,16,17). The highest BCUT2D eigenvalue weighted by Crippen LogP contribution is 2.15. The van der Waals surface area contributed by atoms with Gasteiger partial charge in [0, 0.05) is 0 Å². The van der Waals surface area contributed by atoms with Crippen molar-refractivity contribution in [2.24, 2.45) is 4.99 Å². The fraction of sp³-hybridized carbons (Fsp3) is 0.273. The molecule has 1 aromatic rings. The molecule has 0 aromatic heterocycles. The number of carbonyl (C=O) groups is 1. The highest BCUT2D eigenvalue weighted by molar-refractivity contribution is 6.30. The van der Waals surface area contributed by atoms with Gasteiger partial charge in [0.1, 0.15) is 5.84 Å². The first kappa shape index (κ1) is 13.5. The minimum atomic E-state index is -1.02. The van der Waals surface area contributed by atoms with E-state index in [4.69, 9.17) is 21.8 Å². The number of halogens is 1. The third kappa shape index (κ3) is 4.05. The number of para-hydroxylation sites is 1. The molecule has 0 bridgehead atoms. The molecular weight excluding hydrogens is 244 g/mol. The van der Waals surface area contributed by atoms with Gasteiger partial charge in [0.05, 0.1) is 30.3 Å². The number of aromatic carboxylic acids is 1. The maximum atomic E-state index is 11.0. The molecule has 0 atom stereocenters. The van der Waals surface area contributed by atoms with Gasteiger partial charge in [-0.05, 0) is 12.1 Å². The average Bonchev–Trinajstić information content (AvgIpc) is 2.34. The van der Waals surface area contributed by atoms with Crippen molar-refractivity contribution in [2.75, 3.05) is 24.3 Å². The van der Waals surface area contributed by atoms with E-state index in [2.05, 4.69) is 10.3 Å². The highest BCUT2D eigenvalue weighted by atomic mass is 35.5. The van der Waals surface area contributed by atoms with Crippen LogP contribution in [0.15, 0.2) is 29.3 Å². The lowest BCUT2D eigenvalue weighted by atomic mass is 10.2. The van der Waals surface area contributed by atoms with Gasteiger partial charge in [-0.25, -0.2) is 4.79 Å². The molecule has 0 fully saturated rings. The molecule has 0 heterocycles. The Morgan fingerprint density at radius 3 is 2.71 bits per heavy atom. The van der Waals surface area contributed by atoms with E-state index in [9.17, 15) is 4.79 Å². The van der Waals surface area contributed by atoms with Gasteiger partial charge in [0.25, 0.3) is 0 Å². The Balaban J connectivity index is 2.89. The molecule has 3 N–H and O–H groups in total. The second-order valence-corrected chi connectivity index (χ2v) is 3.43. The van der Waals surface area contributed by atoms with Crippen LogP contribution in [0, 0.1) is 0 Å². The van der Waals surface area contributed by atoms with E-state index in [-0.39, 0.29) is 24.6 Å². The molecule has 6 heteroatoms. The zero-order valence-corrected chi connectivity index (χ0v) is 9.81. The summed E-state index contributed by atoms with van der Waals surface area (Å²) < 4.78 is 0. The lowest BCUT2D eigenvalue weighted by molar-refractivity contribution is 0.0698. The van der Waals surface area contributed by atoms with Gasteiger partial charge in [-0.1, -0.05) is 12.1 Å². The van der Waals surface area contributed by atoms with E-state index < -0.39 is 5.97 Å². The van der Waals surface area contributed by atoms with Crippen molar-refractivity contribution in [3.8, 4) is 0 Å². The van der Waals surface area contributed by atoms with Gasteiger partial charge in [-0.2, -0.15) is 0 Å². The first-order valence-electron chi connectivity index (χ1n) is 4.98. The summed E-state index contributed by atoms with van der Waals surface area (Å²) in [7, 11) is 0. The lowest BCUT2D eigenvalue weighted by Gasteiger charge is -2.09. The van der Waals surface area contributed by atoms with E-state index >= 15 is 0 Å². The maximum Gasteiger partial charge on any atom is 0.337 e. The number of carboxylic acids is 1. The number of nitrogens with one attached hydrogen (secondary N) is 1. The van der Waals surface area contributed by atoms with Crippen LogP contribution in [0.1, 0.15) is 10.4 Å². The Kier molecular flexibility index (Phi) is 5.45. The van der Waals surface area contributed by atoms with E-state index in [0.29, 0.717) is 11.5 Å². The predicted molar refractivity (Wildman–Crippen MR) is 67.1 cm³/mol. The van der Waals surface area contributed by atoms with E-state index in [1.165, 1.54) is 6.07 Å². The summed E-state index contributed by atoms with van der Waals surface area (Å²) in [6.07, 6.45) is 0. The average molecular weight is 257 g/mol. The van der Waals surface area contributed by atoms with E-state index in [1.54, 1.807) is 18.2 Å². The fourth-order valence-electron chi connectivity index (χ4n) is 1.23. The van der Waals surface area contributed by atoms with Crippen molar-refractivity contribution in [3.05, 3.63) is 29.8 Å². The Morgan fingerprint density at radius 1 is 1.41 bits per heavy atom. The number of amidine groups is 1. The number of hydrogen-bond acceptors (Lipinski definition) is 3. The maximum absolute atomic E-state index is 11.0. The largest absolute Gasteiger partial charge is 0.478 e. The van der Waals surface area contributed by atoms with Crippen molar-refractivity contribution in [1.82, 2.24) is 0 Å². The molecule has 0 saturated carbocycles. The van der Waals surface area contributed by atoms with Gasteiger partial charge in [-0.3, -0.25) is 4.99 Å². The zero-order valence-electron chi connectivity index (χ0n) is 9.06. The molecular formula is C11H13ClN2O3. The van der Waals surface area contributed by atoms with E-state index in [1.807, 2.05) is 0 Å². The summed E-state index contributed by atoms with van der Waals surface area (Å²) in [5.41, 5.74) is 0.576. The molecule has 0 aliphatic rings. The Bertz CT molecular complexity index is 421. The number of rotatable bonds is 5. The third-order valence-corrected chi connectivity index (χ3v) is 2.22. The summed E-state index contributed by atoms with van der Waals surface area (Å²) in [5, 5.41) is 20.5. The number of anilines is 1. The summed E-state index contributed by atoms with van der Waals surface area (Å²) in [6.45, 7) is 0.146. The Labute approximate surface area is 104 Å². The van der Waals surface area contributed by atoms with Crippen molar-refractivity contribution in [2.45, 2.75) is 0 Å². The van der Waals surface area contributed by atoms with Crippen LogP contribution in [0.2, 0.25) is 0 Å². The number of hydrogen-bond donors (Lipinski definition) is 3. The number of aliphatic hydroxyl groups is 1. The first-order chi connectivity index (χ1) is 8.19. The number of benzene rings is 1. The molecule has 0 amide bonds. The summed E-state index contributed by atoms with van der Waals surface area (Å²) in [6, 6.07) is 6.47. The molecule has 92 valence electrons. The second kappa shape index (κ2) is 6.88. The van der Waals surface area contributed by atoms with Crippen LogP contribution in [0.5, 0.6) is 0 Å². The molecule has 0 unspecified atom stereocenters. The molecule has 0 aliphatic carbocycles. The van der Waals surface area contributed by atoms with Gasteiger partial charge < -0.3 is 15.5 Å². The van der Waals surface area contributed by atoms with Gasteiger partial charge in [0.15, 0.2) is 0 Å². The monoisotopic (exact) mass is 256 g/mol. The van der Waals surface area contributed by atoms with Crippen LogP contribution in [0.3, 0.4) is 0 Å². The minimum Gasteiger partial charge on any atom is -0.478 e. The molecule has 17 heavy (non-hydrogen) atoms. The Hall–Kier alpha value is -1.59. The van der Waals surface area contributed by atoms with Gasteiger partial charge in [0.2, 0.25) is 0 Å². The van der Waals surface area contributed by atoms with E-state index in [0.717, 1.165) is 0 Å². The zero-order chi connectivity index (χ0) is 12.7. The van der Waals surface area contributed by atoms with Crippen LogP contribution >= 0.6 is 11.6 Å².